The van der Waals surface area contributed by atoms with E-state index >= 15 is 0 Å². The molecule has 0 saturated heterocycles. The van der Waals surface area contributed by atoms with Gasteiger partial charge < -0.3 is 26.4 Å². The summed E-state index contributed by atoms with van der Waals surface area (Å²) in [4.78, 5) is 33.7. The van der Waals surface area contributed by atoms with Crippen molar-refractivity contribution in [2.75, 3.05) is 6.61 Å². The van der Waals surface area contributed by atoms with Crippen LogP contribution in [-0.4, -0.2) is 46.6 Å². The zero-order valence-corrected chi connectivity index (χ0v) is 10.8. The number of esters is 1. The molecule has 1 saturated carbocycles. The SMILES string of the molecule is CCCOC(=O)C1(NC(=O)[C@@H](N)CC(=O)O)CC1.O. The van der Waals surface area contributed by atoms with Gasteiger partial charge >= 0.3 is 11.9 Å². The third kappa shape index (κ3) is 4.84. The first-order chi connectivity index (χ1) is 8.41. The highest BCUT2D eigenvalue weighted by atomic mass is 16.5. The highest BCUT2D eigenvalue weighted by molar-refractivity contribution is 5.93. The molecule has 1 amide bonds. The van der Waals surface area contributed by atoms with Gasteiger partial charge in [0, 0.05) is 0 Å². The quantitative estimate of drug-likeness (QED) is 0.485. The Kier molecular flexibility index (Phi) is 6.43. The fraction of sp³-hybridized carbons (Fsp3) is 0.727. The number of aliphatic carboxylic acids is 1. The monoisotopic (exact) mass is 276 g/mol. The van der Waals surface area contributed by atoms with Crippen molar-refractivity contribution in [2.24, 2.45) is 5.73 Å². The molecule has 0 aromatic rings. The molecule has 0 aromatic heterocycles. The molecule has 0 radical (unpaired) electrons. The predicted octanol–water partition coefficient (Wildman–Crippen LogP) is -1.43. The molecule has 8 heteroatoms. The topological polar surface area (TPSA) is 150 Å². The molecule has 1 aliphatic rings. The lowest BCUT2D eigenvalue weighted by atomic mass is 10.2. The highest BCUT2D eigenvalue weighted by Crippen LogP contribution is 2.36. The van der Waals surface area contributed by atoms with Gasteiger partial charge in [0.25, 0.3) is 0 Å². The molecule has 8 nitrogen and oxygen atoms in total. The average molecular weight is 276 g/mol. The van der Waals surface area contributed by atoms with Gasteiger partial charge in [-0.15, -0.1) is 0 Å². The normalized spacial score (nSPS) is 16.7. The van der Waals surface area contributed by atoms with Crippen LogP contribution in [0.2, 0.25) is 0 Å². The lowest BCUT2D eigenvalue weighted by Crippen LogP contribution is -2.51. The summed E-state index contributed by atoms with van der Waals surface area (Å²) in [5, 5.41) is 11.0. The summed E-state index contributed by atoms with van der Waals surface area (Å²) in [6.45, 7) is 2.17. The van der Waals surface area contributed by atoms with E-state index in [4.69, 9.17) is 15.6 Å². The van der Waals surface area contributed by atoms with E-state index in [1.165, 1.54) is 0 Å². The van der Waals surface area contributed by atoms with Crippen molar-refractivity contribution >= 4 is 17.8 Å². The van der Waals surface area contributed by atoms with Crippen LogP contribution in [0.5, 0.6) is 0 Å². The van der Waals surface area contributed by atoms with Crippen molar-refractivity contribution in [3.63, 3.8) is 0 Å². The standard InChI is InChI=1S/C11H18N2O5.H2O/c1-2-5-18-10(17)11(3-4-11)13-9(16)7(12)6-8(14)15;/h7H,2-6,12H2,1H3,(H,13,16)(H,14,15);1H2/t7-;/m0./s1. The van der Waals surface area contributed by atoms with Crippen LogP contribution in [0.4, 0.5) is 0 Å². The van der Waals surface area contributed by atoms with Crippen LogP contribution in [-0.2, 0) is 19.1 Å². The van der Waals surface area contributed by atoms with Gasteiger partial charge in [-0.2, -0.15) is 0 Å². The van der Waals surface area contributed by atoms with Crippen LogP contribution in [0.1, 0.15) is 32.6 Å². The summed E-state index contributed by atoms with van der Waals surface area (Å²) in [7, 11) is 0. The second-order valence-corrected chi connectivity index (χ2v) is 4.41. The molecule has 0 bridgehead atoms. The minimum Gasteiger partial charge on any atom is -0.481 e. The van der Waals surface area contributed by atoms with Crippen LogP contribution < -0.4 is 11.1 Å². The first kappa shape index (κ1) is 17.3. The largest absolute Gasteiger partial charge is 0.481 e. The Bertz CT molecular complexity index is 353. The van der Waals surface area contributed by atoms with Crippen LogP contribution in [0.15, 0.2) is 0 Å². The van der Waals surface area contributed by atoms with E-state index in [9.17, 15) is 14.4 Å². The molecule has 0 spiro atoms. The molecule has 0 heterocycles. The average Bonchev–Trinajstić information content (AvgIpc) is 3.05. The maximum absolute atomic E-state index is 11.7. The van der Waals surface area contributed by atoms with Crippen LogP contribution >= 0.6 is 0 Å². The fourth-order valence-electron chi connectivity index (χ4n) is 1.45. The summed E-state index contributed by atoms with van der Waals surface area (Å²) in [6.07, 6.45) is 1.24. The number of carbonyl (C=O) groups excluding carboxylic acids is 2. The summed E-state index contributed by atoms with van der Waals surface area (Å²) in [6, 6.07) is -1.15. The Morgan fingerprint density at radius 2 is 2.00 bits per heavy atom. The van der Waals surface area contributed by atoms with Crippen LogP contribution in [0, 0.1) is 0 Å². The van der Waals surface area contributed by atoms with E-state index in [-0.39, 0.29) is 5.48 Å². The highest BCUT2D eigenvalue weighted by Gasteiger charge is 2.53. The number of ether oxygens (including phenoxy) is 1. The van der Waals surface area contributed by atoms with Crippen LogP contribution in [0.25, 0.3) is 0 Å². The Labute approximate surface area is 110 Å². The molecule has 1 aliphatic carbocycles. The summed E-state index contributed by atoms with van der Waals surface area (Å²) in [5.41, 5.74) is 4.42. The van der Waals surface area contributed by atoms with Gasteiger partial charge in [-0.05, 0) is 19.3 Å². The van der Waals surface area contributed by atoms with E-state index in [2.05, 4.69) is 5.32 Å². The molecule has 19 heavy (non-hydrogen) atoms. The Morgan fingerprint density at radius 3 is 2.42 bits per heavy atom. The smallest absolute Gasteiger partial charge is 0.331 e. The molecule has 1 fully saturated rings. The van der Waals surface area contributed by atoms with Gasteiger partial charge in [0.05, 0.1) is 19.1 Å². The molecule has 0 aromatic carbocycles. The number of hydrogen-bond acceptors (Lipinski definition) is 5. The zero-order chi connectivity index (χ0) is 13.8. The fourth-order valence-corrected chi connectivity index (χ4v) is 1.45. The number of hydrogen-bond donors (Lipinski definition) is 3. The van der Waals surface area contributed by atoms with Gasteiger partial charge in [0.1, 0.15) is 5.54 Å². The van der Waals surface area contributed by atoms with E-state index in [0.717, 1.165) is 0 Å². The molecule has 1 rings (SSSR count). The van der Waals surface area contributed by atoms with Gasteiger partial charge in [-0.1, -0.05) is 6.92 Å². The van der Waals surface area contributed by atoms with Crippen LogP contribution in [0.3, 0.4) is 0 Å². The number of carboxylic acids is 1. The minimum absolute atomic E-state index is 0. The lowest BCUT2D eigenvalue weighted by Gasteiger charge is -2.18. The van der Waals surface area contributed by atoms with Crippen molar-refractivity contribution in [1.82, 2.24) is 5.32 Å². The number of amides is 1. The van der Waals surface area contributed by atoms with Crippen molar-refractivity contribution in [1.29, 1.82) is 0 Å². The maximum atomic E-state index is 11.7. The van der Waals surface area contributed by atoms with Crippen molar-refractivity contribution < 1.29 is 29.7 Å². The Morgan fingerprint density at radius 1 is 1.42 bits per heavy atom. The number of carbonyl (C=O) groups is 3. The van der Waals surface area contributed by atoms with Gasteiger partial charge in [-0.25, -0.2) is 4.79 Å². The molecular weight excluding hydrogens is 256 g/mol. The third-order valence-corrected chi connectivity index (χ3v) is 2.67. The second-order valence-electron chi connectivity index (χ2n) is 4.41. The van der Waals surface area contributed by atoms with Crippen molar-refractivity contribution in [3.05, 3.63) is 0 Å². The third-order valence-electron chi connectivity index (χ3n) is 2.67. The Balaban J connectivity index is 0.00000324. The second kappa shape index (κ2) is 7.05. The van der Waals surface area contributed by atoms with E-state index in [0.29, 0.717) is 25.9 Å². The minimum atomic E-state index is -1.16. The molecule has 1 atom stereocenters. The maximum Gasteiger partial charge on any atom is 0.331 e. The number of carboxylic acid groups (broad SMARTS) is 1. The predicted molar refractivity (Wildman–Crippen MR) is 65.2 cm³/mol. The van der Waals surface area contributed by atoms with Crippen molar-refractivity contribution in [2.45, 2.75) is 44.2 Å². The first-order valence-corrected chi connectivity index (χ1v) is 5.88. The number of nitrogens with one attached hydrogen (secondary N) is 1. The molecule has 110 valence electrons. The molecule has 0 aliphatic heterocycles. The molecule has 0 unspecified atom stereocenters. The van der Waals surface area contributed by atoms with E-state index < -0.39 is 35.8 Å². The lowest BCUT2D eigenvalue weighted by molar-refractivity contribution is -0.149. The van der Waals surface area contributed by atoms with Crippen molar-refractivity contribution in [3.8, 4) is 0 Å². The summed E-state index contributed by atoms with van der Waals surface area (Å²) >= 11 is 0. The number of rotatable bonds is 7. The summed E-state index contributed by atoms with van der Waals surface area (Å²) in [5.74, 6) is -2.26. The Hall–Kier alpha value is -1.67. The first-order valence-electron chi connectivity index (χ1n) is 5.88. The van der Waals surface area contributed by atoms with Gasteiger partial charge in [0.2, 0.25) is 5.91 Å². The van der Waals surface area contributed by atoms with Gasteiger partial charge in [-0.3, -0.25) is 9.59 Å². The molecule has 6 N–H and O–H groups in total. The zero-order valence-electron chi connectivity index (χ0n) is 10.8. The van der Waals surface area contributed by atoms with E-state index in [1.807, 2.05) is 6.92 Å². The molecular formula is C11H20N2O6. The van der Waals surface area contributed by atoms with Gasteiger partial charge in [0.15, 0.2) is 0 Å². The summed E-state index contributed by atoms with van der Waals surface area (Å²) < 4.78 is 4.97. The number of nitrogens with two attached hydrogens (primary N) is 1. The van der Waals surface area contributed by atoms with E-state index in [1.54, 1.807) is 0 Å².